The van der Waals surface area contributed by atoms with Crippen LogP contribution in [0.5, 0.6) is 0 Å². The van der Waals surface area contributed by atoms with E-state index in [4.69, 9.17) is 33.3 Å². The molecule has 1 fully saturated rings. The molecular weight excluding hydrogens is 549 g/mol. The van der Waals surface area contributed by atoms with E-state index in [1.165, 1.54) is 0 Å². The fourth-order valence-corrected chi connectivity index (χ4v) is 6.18. The van der Waals surface area contributed by atoms with Gasteiger partial charge in [0.15, 0.2) is 0 Å². The number of aliphatic carboxylic acids is 1. The van der Waals surface area contributed by atoms with Crippen LogP contribution < -0.4 is 5.32 Å². The number of hydrogen-bond acceptors (Lipinski definition) is 4. The topological polar surface area (TPSA) is 99.1 Å². The maximum atomic E-state index is 14.3. The molecule has 0 bridgehead atoms. The smallest absolute Gasteiger partial charge is 0.305 e. The minimum Gasteiger partial charge on any atom is -0.481 e. The molecule has 1 unspecified atom stereocenters. The van der Waals surface area contributed by atoms with Crippen molar-refractivity contribution in [3.05, 3.63) is 69.2 Å². The fraction of sp³-hybridized carbons (Fsp3) is 0.484. The molecule has 0 radical (unpaired) electrons. The highest BCUT2D eigenvalue weighted by molar-refractivity contribution is 6.47. The van der Waals surface area contributed by atoms with Crippen LogP contribution in [-0.2, 0) is 9.59 Å². The lowest BCUT2D eigenvalue weighted by atomic mass is 9.83. The van der Waals surface area contributed by atoms with Crippen LogP contribution in [0.4, 0.5) is 0 Å². The predicted octanol–water partition coefficient (Wildman–Crippen LogP) is 7.06. The van der Waals surface area contributed by atoms with E-state index in [9.17, 15) is 14.4 Å². The maximum absolute atomic E-state index is 14.3. The van der Waals surface area contributed by atoms with Crippen LogP contribution in [0.2, 0.25) is 10.0 Å². The van der Waals surface area contributed by atoms with E-state index in [2.05, 4.69) is 26.1 Å². The summed E-state index contributed by atoms with van der Waals surface area (Å²) in [4.78, 5) is 44.8. The summed E-state index contributed by atoms with van der Waals surface area (Å²) in [5, 5.41) is 12.4. The summed E-state index contributed by atoms with van der Waals surface area (Å²) in [6.45, 7) is 6.62. The van der Waals surface area contributed by atoms with E-state index < -0.39 is 11.6 Å². The molecule has 1 atom stereocenters. The van der Waals surface area contributed by atoms with Crippen LogP contribution in [0.1, 0.15) is 99.7 Å². The van der Waals surface area contributed by atoms with Gasteiger partial charge >= 0.3 is 5.97 Å². The summed E-state index contributed by atoms with van der Waals surface area (Å²) in [7, 11) is 0. The highest BCUT2D eigenvalue weighted by Gasteiger charge is 2.50. The van der Waals surface area contributed by atoms with Gasteiger partial charge < -0.3 is 15.3 Å². The first-order chi connectivity index (χ1) is 18.9. The number of nitrogens with zero attached hydrogens (tertiary/aromatic N) is 2. The zero-order valence-corrected chi connectivity index (χ0v) is 24.8. The van der Waals surface area contributed by atoms with E-state index in [1.54, 1.807) is 30.3 Å². The third-order valence-electron chi connectivity index (χ3n) is 7.64. The predicted molar refractivity (Wildman–Crippen MR) is 158 cm³/mol. The van der Waals surface area contributed by atoms with Crippen LogP contribution in [0.25, 0.3) is 0 Å². The van der Waals surface area contributed by atoms with Gasteiger partial charge in [-0.25, -0.2) is 0 Å². The Bertz CT molecular complexity index is 1270. The van der Waals surface area contributed by atoms with Crippen molar-refractivity contribution < 1.29 is 19.5 Å². The number of aliphatic imine (C=N–C) groups is 1. The molecule has 1 saturated carbocycles. The van der Waals surface area contributed by atoms with Gasteiger partial charge in [0, 0.05) is 27.7 Å². The maximum Gasteiger partial charge on any atom is 0.305 e. The SMILES string of the molecule is CC(C)(C)CCC(c1ccc(C(=O)NCCC(=O)O)cc1)N1C(=O)C(c2cc(Cl)cc(Cl)c2)=NC12CCCCC2. The molecule has 2 amide bonds. The Morgan fingerprint density at radius 1 is 1.05 bits per heavy atom. The zero-order chi connectivity index (χ0) is 29.1. The molecular formula is C31H37Cl2N3O4. The molecule has 2 aromatic carbocycles. The van der Waals surface area contributed by atoms with Crippen LogP contribution in [0.15, 0.2) is 47.5 Å². The summed E-state index contributed by atoms with van der Waals surface area (Å²) in [6.07, 6.45) is 6.12. The lowest BCUT2D eigenvalue weighted by Crippen LogP contribution is -2.50. The average molecular weight is 587 g/mol. The fourth-order valence-electron chi connectivity index (χ4n) is 5.65. The standard InChI is InChI=1S/C31H37Cl2N3O4/c1-30(2,3)15-11-25(20-7-9-21(10-8-20)28(39)34-16-12-26(37)38)36-29(40)27(22-17-23(32)19-24(33)18-22)35-31(36)13-5-4-6-14-31/h7-10,17-19,25H,4-6,11-16H2,1-3H3,(H,34,39)(H,37,38). The van der Waals surface area contributed by atoms with Gasteiger partial charge in [-0.3, -0.25) is 19.4 Å². The van der Waals surface area contributed by atoms with Crippen LogP contribution in [0, 0.1) is 5.41 Å². The minimum absolute atomic E-state index is 0.0505. The molecule has 1 heterocycles. The van der Waals surface area contributed by atoms with Crippen molar-refractivity contribution in [3.63, 3.8) is 0 Å². The average Bonchev–Trinajstić information content (AvgIpc) is 3.15. The molecule has 2 aliphatic rings. The van der Waals surface area contributed by atoms with Crippen LogP contribution >= 0.6 is 23.2 Å². The van der Waals surface area contributed by atoms with Crippen molar-refractivity contribution >= 4 is 46.7 Å². The quantitative estimate of drug-likeness (QED) is 0.329. The second-order valence-corrected chi connectivity index (χ2v) is 12.8. The van der Waals surface area contributed by atoms with Crippen LogP contribution in [0.3, 0.4) is 0 Å². The number of carbonyl (C=O) groups is 3. The number of rotatable bonds is 9. The number of hydrogen-bond donors (Lipinski definition) is 2. The Balaban J connectivity index is 1.70. The number of nitrogens with one attached hydrogen (secondary N) is 1. The number of amides is 2. The summed E-state index contributed by atoms with van der Waals surface area (Å²) in [5.41, 5.74) is 1.79. The van der Waals surface area contributed by atoms with E-state index in [0.717, 1.165) is 50.5 Å². The van der Waals surface area contributed by atoms with Gasteiger partial charge in [-0.05, 0) is 79.8 Å². The molecule has 9 heteroatoms. The molecule has 1 aliphatic carbocycles. The number of carboxylic acid groups (broad SMARTS) is 1. The molecule has 40 heavy (non-hydrogen) atoms. The first kappa shape index (κ1) is 30.1. The van der Waals surface area contributed by atoms with Gasteiger partial charge in [0.25, 0.3) is 11.8 Å². The van der Waals surface area contributed by atoms with Gasteiger partial charge in [-0.1, -0.05) is 62.5 Å². The molecule has 1 spiro atoms. The van der Waals surface area contributed by atoms with E-state index in [0.29, 0.717) is 26.9 Å². The van der Waals surface area contributed by atoms with E-state index >= 15 is 0 Å². The Morgan fingerprint density at radius 2 is 1.68 bits per heavy atom. The third kappa shape index (κ3) is 7.05. The number of carboxylic acids is 1. The highest BCUT2D eigenvalue weighted by Crippen LogP contribution is 2.46. The molecule has 4 rings (SSSR count). The first-order valence-corrected chi connectivity index (χ1v) is 14.6. The van der Waals surface area contributed by atoms with Crippen LogP contribution in [-0.4, -0.2) is 45.7 Å². The Labute approximate surface area is 246 Å². The molecule has 2 aromatic rings. The van der Waals surface area contributed by atoms with E-state index in [1.807, 2.05) is 17.0 Å². The molecule has 214 valence electrons. The lowest BCUT2D eigenvalue weighted by Gasteiger charge is -2.44. The summed E-state index contributed by atoms with van der Waals surface area (Å²) in [6, 6.07) is 12.2. The zero-order valence-electron chi connectivity index (χ0n) is 23.3. The van der Waals surface area contributed by atoms with Gasteiger partial charge in [0.05, 0.1) is 12.5 Å². The van der Waals surface area contributed by atoms with Gasteiger partial charge in [-0.2, -0.15) is 0 Å². The van der Waals surface area contributed by atoms with Gasteiger partial charge in [0.1, 0.15) is 11.4 Å². The Morgan fingerprint density at radius 3 is 2.25 bits per heavy atom. The molecule has 2 N–H and O–H groups in total. The van der Waals surface area contributed by atoms with Crippen molar-refractivity contribution in [1.82, 2.24) is 10.2 Å². The molecule has 0 aromatic heterocycles. The lowest BCUT2D eigenvalue weighted by molar-refractivity contribution is -0.137. The Kier molecular flexibility index (Phi) is 9.26. The largest absolute Gasteiger partial charge is 0.481 e. The van der Waals surface area contributed by atoms with Crippen molar-refractivity contribution in [2.75, 3.05) is 6.54 Å². The second kappa shape index (κ2) is 12.3. The van der Waals surface area contributed by atoms with Gasteiger partial charge in [-0.15, -0.1) is 0 Å². The van der Waals surface area contributed by atoms with Crippen molar-refractivity contribution in [1.29, 1.82) is 0 Å². The van der Waals surface area contributed by atoms with E-state index in [-0.39, 0.29) is 36.2 Å². The van der Waals surface area contributed by atoms with Crippen molar-refractivity contribution in [2.24, 2.45) is 10.4 Å². The third-order valence-corrected chi connectivity index (χ3v) is 8.08. The van der Waals surface area contributed by atoms with Crippen molar-refractivity contribution in [3.8, 4) is 0 Å². The normalized spacial score (nSPS) is 17.6. The monoisotopic (exact) mass is 585 g/mol. The summed E-state index contributed by atoms with van der Waals surface area (Å²) >= 11 is 12.6. The molecule has 0 saturated heterocycles. The Hall–Kier alpha value is -2.90. The van der Waals surface area contributed by atoms with Crippen molar-refractivity contribution in [2.45, 2.75) is 83.8 Å². The summed E-state index contributed by atoms with van der Waals surface area (Å²) in [5.74, 6) is -1.43. The summed E-state index contributed by atoms with van der Waals surface area (Å²) < 4.78 is 0. The molecule has 1 aliphatic heterocycles. The minimum atomic E-state index is -0.967. The van der Waals surface area contributed by atoms with Gasteiger partial charge in [0.2, 0.25) is 0 Å². The second-order valence-electron chi connectivity index (χ2n) is 12.0. The number of carbonyl (C=O) groups excluding carboxylic acids is 2. The molecule has 7 nitrogen and oxygen atoms in total. The number of halogens is 2. The highest BCUT2D eigenvalue weighted by atomic mass is 35.5. The first-order valence-electron chi connectivity index (χ1n) is 13.9. The number of benzene rings is 2.